The minimum atomic E-state index is 0.154. The molecule has 2 nitrogen and oxygen atoms in total. The molecule has 0 unspecified atom stereocenters. The van der Waals surface area contributed by atoms with E-state index in [9.17, 15) is 4.79 Å². The average molecular weight is 261 g/mol. The summed E-state index contributed by atoms with van der Waals surface area (Å²) in [6.07, 6.45) is 0.460. The number of hydrogen-bond acceptors (Lipinski definition) is 2. The molecule has 0 aliphatic rings. The Kier molecular flexibility index (Phi) is 4.00. The number of carbonyl (C=O) groups excluding carboxylic acids is 1. The number of hydrogen-bond donors (Lipinski definition) is 0. The third-order valence-corrected chi connectivity index (χ3v) is 2.68. The van der Waals surface area contributed by atoms with Gasteiger partial charge in [0.15, 0.2) is 0 Å². The number of Topliss-reactive ketones (excluding diaryl/α,β-unsaturated/α-hetero) is 1. The molecule has 2 rings (SSSR count). The Bertz CT molecular complexity index is 529. The Balaban J connectivity index is 2.06. The SMILES string of the molecule is CC(=O)Cc1ccc(Oc2ccc(Cl)cc2)cc1. The number of ketones is 1. The Morgan fingerprint density at radius 3 is 2.00 bits per heavy atom. The highest BCUT2D eigenvalue weighted by atomic mass is 35.5. The molecule has 0 bridgehead atoms. The first kappa shape index (κ1) is 12.7. The number of benzene rings is 2. The summed E-state index contributed by atoms with van der Waals surface area (Å²) in [6, 6.07) is 14.7. The summed E-state index contributed by atoms with van der Waals surface area (Å²) in [4.78, 5) is 11.0. The molecule has 2 aromatic rings. The summed E-state index contributed by atoms with van der Waals surface area (Å²) in [5, 5.41) is 0.680. The predicted octanol–water partition coefficient (Wildman–Crippen LogP) is 4.26. The zero-order valence-electron chi connectivity index (χ0n) is 10.0. The first-order chi connectivity index (χ1) is 8.63. The quantitative estimate of drug-likeness (QED) is 0.821. The van der Waals surface area contributed by atoms with Crippen molar-refractivity contribution >= 4 is 17.4 Å². The topological polar surface area (TPSA) is 26.3 Å². The Labute approximate surface area is 111 Å². The third kappa shape index (κ3) is 3.60. The normalized spacial score (nSPS) is 10.1. The summed E-state index contributed by atoms with van der Waals surface area (Å²) in [5.41, 5.74) is 0.992. The lowest BCUT2D eigenvalue weighted by Gasteiger charge is -2.06. The van der Waals surface area contributed by atoms with Crippen LogP contribution in [-0.2, 0) is 11.2 Å². The minimum absolute atomic E-state index is 0.154. The average Bonchev–Trinajstić information content (AvgIpc) is 2.34. The van der Waals surface area contributed by atoms with Crippen LogP contribution in [0.2, 0.25) is 5.02 Å². The molecular weight excluding hydrogens is 248 g/mol. The van der Waals surface area contributed by atoms with E-state index in [2.05, 4.69) is 0 Å². The van der Waals surface area contributed by atoms with Crippen LogP contribution < -0.4 is 4.74 Å². The van der Waals surface area contributed by atoms with Crippen molar-refractivity contribution in [1.82, 2.24) is 0 Å². The van der Waals surface area contributed by atoms with Crippen molar-refractivity contribution in [2.45, 2.75) is 13.3 Å². The predicted molar refractivity (Wildman–Crippen MR) is 72.4 cm³/mol. The van der Waals surface area contributed by atoms with Gasteiger partial charge in [-0.1, -0.05) is 23.7 Å². The highest BCUT2D eigenvalue weighted by molar-refractivity contribution is 6.30. The Morgan fingerprint density at radius 1 is 1.00 bits per heavy atom. The molecule has 0 fully saturated rings. The molecule has 0 radical (unpaired) electrons. The van der Waals surface area contributed by atoms with Crippen LogP contribution >= 0.6 is 11.6 Å². The fourth-order valence-corrected chi connectivity index (χ4v) is 1.73. The number of ether oxygens (including phenoxy) is 1. The lowest BCUT2D eigenvalue weighted by Crippen LogP contribution is -1.95. The molecule has 2 aromatic carbocycles. The van der Waals surface area contributed by atoms with Gasteiger partial charge in [0.2, 0.25) is 0 Å². The number of halogens is 1. The van der Waals surface area contributed by atoms with Crippen LogP contribution in [0.5, 0.6) is 11.5 Å². The first-order valence-corrected chi connectivity index (χ1v) is 6.03. The maximum Gasteiger partial charge on any atom is 0.134 e. The van der Waals surface area contributed by atoms with Crippen molar-refractivity contribution < 1.29 is 9.53 Å². The lowest BCUT2D eigenvalue weighted by molar-refractivity contribution is -0.116. The summed E-state index contributed by atoms with van der Waals surface area (Å²) in [5.74, 6) is 1.63. The van der Waals surface area contributed by atoms with Gasteiger partial charge in [0.05, 0.1) is 0 Å². The summed E-state index contributed by atoms with van der Waals surface area (Å²) >= 11 is 5.80. The van der Waals surface area contributed by atoms with Crippen LogP contribution in [0.4, 0.5) is 0 Å². The molecule has 0 N–H and O–H groups in total. The smallest absolute Gasteiger partial charge is 0.134 e. The van der Waals surface area contributed by atoms with Crippen LogP contribution in [0.1, 0.15) is 12.5 Å². The van der Waals surface area contributed by atoms with Gasteiger partial charge in [-0.2, -0.15) is 0 Å². The zero-order valence-corrected chi connectivity index (χ0v) is 10.8. The van der Waals surface area contributed by atoms with Gasteiger partial charge in [-0.3, -0.25) is 4.79 Å². The largest absolute Gasteiger partial charge is 0.457 e. The second-order valence-electron chi connectivity index (χ2n) is 4.08. The van der Waals surface area contributed by atoms with Crippen LogP contribution in [0.3, 0.4) is 0 Å². The molecule has 0 saturated carbocycles. The number of carbonyl (C=O) groups is 1. The Morgan fingerprint density at radius 2 is 1.50 bits per heavy atom. The molecule has 0 aliphatic carbocycles. The molecule has 0 heterocycles. The van der Waals surface area contributed by atoms with E-state index in [1.165, 1.54) is 0 Å². The van der Waals surface area contributed by atoms with Crippen molar-refractivity contribution in [3.8, 4) is 11.5 Å². The molecule has 18 heavy (non-hydrogen) atoms. The standard InChI is InChI=1S/C15H13ClO2/c1-11(17)10-12-2-6-14(7-3-12)18-15-8-4-13(16)5-9-15/h2-9H,10H2,1H3. The van der Waals surface area contributed by atoms with Crippen molar-refractivity contribution in [3.05, 3.63) is 59.1 Å². The fraction of sp³-hybridized carbons (Fsp3) is 0.133. The molecule has 0 aliphatic heterocycles. The van der Waals surface area contributed by atoms with E-state index < -0.39 is 0 Å². The first-order valence-electron chi connectivity index (χ1n) is 5.65. The highest BCUT2D eigenvalue weighted by Crippen LogP contribution is 2.23. The van der Waals surface area contributed by atoms with Crippen LogP contribution in [0.25, 0.3) is 0 Å². The molecule has 0 atom stereocenters. The van der Waals surface area contributed by atoms with Crippen molar-refractivity contribution in [1.29, 1.82) is 0 Å². The number of rotatable bonds is 4. The van der Waals surface area contributed by atoms with Crippen LogP contribution in [0.15, 0.2) is 48.5 Å². The fourth-order valence-electron chi connectivity index (χ4n) is 1.60. The molecule has 92 valence electrons. The molecule has 0 saturated heterocycles. The van der Waals surface area contributed by atoms with Crippen LogP contribution in [-0.4, -0.2) is 5.78 Å². The van der Waals surface area contributed by atoms with E-state index in [1.54, 1.807) is 19.1 Å². The van der Waals surface area contributed by atoms with Gasteiger partial charge in [0, 0.05) is 11.4 Å². The van der Waals surface area contributed by atoms with Gasteiger partial charge < -0.3 is 4.74 Å². The maximum absolute atomic E-state index is 11.0. The maximum atomic E-state index is 11.0. The minimum Gasteiger partial charge on any atom is -0.457 e. The van der Waals surface area contributed by atoms with Gasteiger partial charge in [0.25, 0.3) is 0 Å². The second kappa shape index (κ2) is 5.69. The summed E-state index contributed by atoms with van der Waals surface area (Å²) in [7, 11) is 0. The lowest BCUT2D eigenvalue weighted by atomic mass is 10.1. The van der Waals surface area contributed by atoms with Crippen molar-refractivity contribution in [2.75, 3.05) is 0 Å². The molecule has 3 heteroatoms. The summed E-state index contributed by atoms with van der Waals surface area (Å²) < 4.78 is 5.65. The van der Waals surface area contributed by atoms with Crippen molar-refractivity contribution in [2.24, 2.45) is 0 Å². The van der Waals surface area contributed by atoms with Gasteiger partial charge >= 0.3 is 0 Å². The van der Waals surface area contributed by atoms with E-state index in [4.69, 9.17) is 16.3 Å². The van der Waals surface area contributed by atoms with E-state index in [0.717, 1.165) is 17.1 Å². The van der Waals surface area contributed by atoms with Gasteiger partial charge in [-0.05, 0) is 48.9 Å². The molecule has 0 amide bonds. The Hall–Kier alpha value is -1.80. The van der Waals surface area contributed by atoms with Gasteiger partial charge in [-0.15, -0.1) is 0 Å². The monoisotopic (exact) mass is 260 g/mol. The van der Waals surface area contributed by atoms with E-state index in [1.807, 2.05) is 36.4 Å². The summed E-state index contributed by atoms with van der Waals surface area (Å²) in [6.45, 7) is 1.58. The van der Waals surface area contributed by atoms with Crippen LogP contribution in [0, 0.1) is 0 Å². The molecule has 0 spiro atoms. The second-order valence-corrected chi connectivity index (χ2v) is 4.52. The van der Waals surface area contributed by atoms with E-state index >= 15 is 0 Å². The van der Waals surface area contributed by atoms with Crippen molar-refractivity contribution in [3.63, 3.8) is 0 Å². The molecular formula is C15H13ClO2. The highest BCUT2D eigenvalue weighted by Gasteiger charge is 2.00. The van der Waals surface area contributed by atoms with E-state index in [0.29, 0.717) is 11.4 Å². The van der Waals surface area contributed by atoms with Gasteiger partial charge in [0.1, 0.15) is 17.3 Å². The molecule has 0 aromatic heterocycles. The third-order valence-electron chi connectivity index (χ3n) is 2.43. The van der Waals surface area contributed by atoms with E-state index in [-0.39, 0.29) is 5.78 Å². The van der Waals surface area contributed by atoms with Gasteiger partial charge in [-0.25, -0.2) is 0 Å². The zero-order chi connectivity index (χ0) is 13.0.